The zero-order valence-electron chi connectivity index (χ0n) is 12.4. The lowest BCUT2D eigenvalue weighted by Crippen LogP contribution is -2.38. The highest BCUT2D eigenvalue weighted by molar-refractivity contribution is 7.13. The van der Waals surface area contributed by atoms with Crippen LogP contribution in [0.3, 0.4) is 0 Å². The number of rotatable bonds is 3. The Balaban J connectivity index is 1.63. The second kappa shape index (κ2) is 5.51. The van der Waals surface area contributed by atoms with Gasteiger partial charge in [0.2, 0.25) is 11.7 Å². The van der Waals surface area contributed by atoms with Gasteiger partial charge in [-0.15, -0.1) is 11.3 Å². The highest BCUT2D eigenvalue weighted by Gasteiger charge is 2.27. The first-order chi connectivity index (χ1) is 11.2. The standard InChI is InChI=1S/C16H13N3O3S/c1-10-4-5-11-12(7-10)21-9-15(20)19(11)8-14-17-16(18-22-14)13-3-2-6-23-13/h2-7H,8-9H2,1H3. The summed E-state index contributed by atoms with van der Waals surface area (Å²) in [5, 5.41) is 5.93. The van der Waals surface area contributed by atoms with E-state index in [4.69, 9.17) is 9.26 Å². The van der Waals surface area contributed by atoms with Crippen molar-refractivity contribution in [1.29, 1.82) is 0 Å². The number of hydrogen-bond donors (Lipinski definition) is 0. The van der Waals surface area contributed by atoms with Crippen LogP contribution >= 0.6 is 11.3 Å². The topological polar surface area (TPSA) is 68.5 Å². The molecule has 1 amide bonds. The van der Waals surface area contributed by atoms with Crippen molar-refractivity contribution < 1.29 is 14.1 Å². The number of aromatic nitrogens is 2. The summed E-state index contributed by atoms with van der Waals surface area (Å²) in [5.74, 6) is 1.51. The molecular formula is C16H13N3O3S. The number of ether oxygens (including phenoxy) is 1. The van der Waals surface area contributed by atoms with Crippen LogP contribution in [0.2, 0.25) is 0 Å². The maximum absolute atomic E-state index is 12.2. The molecule has 0 atom stereocenters. The quantitative estimate of drug-likeness (QED) is 0.739. The molecule has 0 radical (unpaired) electrons. The molecule has 116 valence electrons. The van der Waals surface area contributed by atoms with E-state index in [0.29, 0.717) is 17.5 Å². The van der Waals surface area contributed by atoms with Crippen LogP contribution in [-0.2, 0) is 11.3 Å². The van der Waals surface area contributed by atoms with Gasteiger partial charge < -0.3 is 9.26 Å². The molecule has 7 heteroatoms. The van der Waals surface area contributed by atoms with Gasteiger partial charge in [0, 0.05) is 0 Å². The van der Waals surface area contributed by atoms with E-state index in [1.54, 1.807) is 16.2 Å². The van der Waals surface area contributed by atoms with Gasteiger partial charge in [0.1, 0.15) is 12.3 Å². The molecule has 0 spiro atoms. The summed E-state index contributed by atoms with van der Waals surface area (Å²) < 4.78 is 10.8. The molecule has 0 fully saturated rings. The van der Waals surface area contributed by atoms with Gasteiger partial charge in [-0.2, -0.15) is 4.98 Å². The lowest BCUT2D eigenvalue weighted by Gasteiger charge is -2.28. The van der Waals surface area contributed by atoms with Gasteiger partial charge in [-0.25, -0.2) is 0 Å². The molecule has 0 aliphatic carbocycles. The van der Waals surface area contributed by atoms with Gasteiger partial charge >= 0.3 is 0 Å². The van der Waals surface area contributed by atoms with E-state index in [2.05, 4.69) is 10.1 Å². The summed E-state index contributed by atoms with van der Waals surface area (Å²) in [6, 6.07) is 9.59. The second-order valence-corrected chi connectivity index (χ2v) is 6.18. The SMILES string of the molecule is Cc1ccc2c(c1)OCC(=O)N2Cc1nc(-c2cccs2)no1. The number of carbonyl (C=O) groups excluding carboxylic acids is 1. The largest absolute Gasteiger partial charge is 0.482 e. The Morgan fingerprint density at radius 3 is 3.09 bits per heavy atom. The highest BCUT2D eigenvalue weighted by Crippen LogP contribution is 2.33. The Labute approximate surface area is 136 Å². The lowest BCUT2D eigenvalue weighted by atomic mass is 10.1. The number of carbonyl (C=O) groups is 1. The van der Waals surface area contributed by atoms with Crippen LogP contribution in [0.25, 0.3) is 10.7 Å². The zero-order chi connectivity index (χ0) is 15.8. The molecule has 0 bridgehead atoms. The molecule has 0 saturated carbocycles. The fourth-order valence-corrected chi connectivity index (χ4v) is 3.09. The van der Waals surface area contributed by atoms with Crippen molar-refractivity contribution in [3.8, 4) is 16.5 Å². The normalized spacial score (nSPS) is 13.8. The van der Waals surface area contributed by atoms with E-state index in [0.717, 1.165) is 16.1 Å². The van der Waals surface area contributed by atoms with E-state index in [9.17, 15) is 4.79 Å². The Kier molecular flexibility index (Phi) is 3.34. The lowest BCUT2D eigenvalue weighted by molar-refractivity contribution is -0.121. The predicted molar refractivity (Wildman–Crippen MR) is 85.5 cm³/mol. The van der Waals surface area contributed by atoms with E-state index in [1.165, 1.54) is 0 Å². The molecule has 1 aromatic carbocycles. The van der Waals surface area contributed by atoms with Crippen molar-refractivity contribution in [3.05, 3.63) is 47.2 Å². The number of nitrogens with zero attached hydrogens (tertiary/aromatic N) is 3. The molecule has 6 nitrogen and oxygen atoms in total. The molecule has 2 aromatic heterocycles. The van der Waals surface area contributed by atoms with E-state index in [-0.39, 0.29) is 19.1 Å². The summed E-state index contributed by atoms with van der Waals surface area (Å²) in [4.78, 5) is 19.1. The number of hydrogen-bond acceptors (Lipinski definition) is 6. The molecule has 3 aromatic rings. The predicted octanol–water partition coefficient (Wildman–Crippen LogP) is 3.03. The molecule has 0 N–H and O–H groups in total. The Bertz CT molecular complexity index is 857. The van der Waals surface area contributed by atoms with Crippen LogP contribution in [0.5, 0.6) is 5.75 Å². The van der Waals surface area contributed by atoms with Gasteiger partial charge in [0.25, 0.3) is 5.91 Å². The molecule has 0 unspecified atom stereocenters. The van der Waals surface area contributed by atoms with E-state index in [1.807, 2.05) is 42.6 Å². The average Bonchev–Trinajstić information content (AvgIpc) is 3.21. The maximum Gasteiger partial charge on any atom is 0.265 e. The zero-order valence-corrected chi connectivity index (χ0v) is 13.2. The van der Waals surface area contributed by atoms with Crippen LogP contribution in [0.1, 0.15) is 11.5 Å². The number of anilines is 1. The van der Waals surface area contributed by atoms with Crippen molar-refractivity contribution in [3.63, 3.8) is 0 Å². The molecule has 3 heterocycles. The minimum absolute atomic E-state index is 0.0162. The average molecular weight is 327 g/mol. The van der Waals surface area contributed by atoms with E-state index < -0.39 is 0 Å². The summed E-state index contributed by atoms with van der Waals surface area (Å²) in [6.07, 6.45) is 0. The van der Waals surface area contributed by atoms with Gasteiger partial charge in [-0.05, 0) is 36.1 Å². The third-order valence-corrected chi connectivity index (χ3v) is 4.43. The van der Waals surface area contributed by atoms with E-state index >= 15 is 0 Å². The smallest absolute Gasteiger partial charge is 0.265 e. The summed E-state index contributed by atoms with van der Waals surface area (Å²) in [7, 11) is 0. The number of amides is 1. The summed E-state index contributed by atoms with van der Waals surface area (Å²) in [6.45, 7) is 2.23. The van der Waals surface area contributed by atoms with Crippen molar-refractivity contribution in [2.24, 2.45) is 0 Å². The summed E-state index contributed by atoms with van der Waals surface area (Å²) >= 11 is 1.54. The minimum atomic E-state index is -0.128. The van der Waals surface area contributed by atoms with Gasteiger partial charge in [0.15, 0.2) is 6.61 Å². The fourth-order valence-electron chi connectivity index (χ4n) is 2.45. The van der Waals surface area contributed by atoms with Crippen LogP contribution in [0, 0.1) is 6.92 Å². The van der Waals surface area contributed by atoms with Crippen LogP contribution in [0.15, 0.2) is 40.2 Å². The Hall–Kier alpha value is -2.67. The number of fused-ring (bicyclic) bond motifs is 1. The molecule has 4 rings (SSSR count). The Morgan fingerprint density at radius 1 is 1.35 bits per heavy atom. The summed E-state index contributed by atoms with van der Waals surface area (Å²) in [5.41, 5.74) is 1.80. The third kappa shape index (κ3) is 2.59. The van der Waals surface area contributed by atoms with Crippen LogP contribution in [0.4, 0.5) is 5.69 Å². The molecular weight excluding hydrogens is 314 g/mol. The van der Waals surface area contributed by atoms with Crippen LogP contribution in [-0.4, -0.2) is 22.7 Å². The van der Waals surface area contributed by atoms with Crippen molar-refractivity contribution in [2.75, 3.05) is 11.5 Å². The third-order valence-electron chi connectivity index (χ3n) is 3.56. The first-order valence-electron chi connectivity index (χ1n) is 7.11. The van der Waals surface area contributed by atoms with Crippen molar-refractivity contribution in [1.82, 2.24) is 10.1 Å². The maximum atomic E-state index is 12.2. The fraction of sp³-hybridized carbons (Fsp3) is 0.188. The van der Waals surface area contributed by atoms with Gasteiger partial charge in [0.05, 0.1) is 10.6 Å². The van der Waals surface area contributed by atoms with Crippen LogP contribution < -0.4 is 9.64 Å². The highest BCUT2D eigenvalue weighted by atomic mass is 32.1. The molecule has 0 saturated heterocycles. The monoisotopic (exact) mass is 327 g/mol. The first-order valence-corrected chi connectivity index (χ1v) is 7.99. The number of benzene rings is 1. The van der Waals surface area contributed by atoms with Crippen molar-refractivity contribution >= 4 is 22.9 Å². The van der Waals surface area contributed by atoms with Gasteiger partial charge in [-0.3, -0.25) is 9.69 Å². The van der Waals surface area contributed by atoms with Gasteiger partial charge in [-0.1, -0.05) is 17.3 Å². The second-order valence-electron chi connectivity index (χ2n) is 5.23. The Morgan fingerprint density at radius 2 is 2.26 bits per heavy atom. The molecule has 1 aliphatic rings. The minimum Gasteiger partial charge on any atom is -0.482 e. The van der Waals surface area contributed by atoms with Crippen molar-refractivity contribution in [2.45, 2.75) is 13.5 Å². The number of thiophene rings is 1. The molecule has 23 heavy (non-hydrogen) atoms. The number of aryl methyl sites for hydroxylation is 1. The molecule has 1 aliphatic heterocycles. The first kappa shape index (κ1) is 14.0.